The van der Waals surface area contributed by atoms with Crippen LogP contribution in [0.15, 0.2) is 64.5 Å². The molecule has 120 valence electrons. The van der Waals surface area contributed by atoms with Gasteiger partial charge in [-0.05, 0) is 24.6 Å². The first-order valence-corrected chi connectivity index (χ1v) is 7.09. The molecule has 0 spiro atoms. The Kier molecular flexibility index (Phi) is 4.02. The van der Waals surface area contributed by atoms with Crippen molar-refractivity contribution in [3.8, 4) is 11.4 Å². The van der Waals surface area contributed by atoms with E-state index in [1.54, 1.807) is 19.1 Å². The number of hydrogen-bond donors (Lipinski definition) is 1. The number of nitro groups is 1. The number of rotatable bonds is 4. The van der Waals surface area contributed by atoms with E-state index < -0.39 is 10.6 Å². The van der Waals surface area contributed by atoms with Gasteiger partial charge in [-0.3, -0.25) is 10.1 Å². The van der Waals surface area contributed by atoms with Gasteiger partial charge in [0.15, 0.2) is 5.82 Å². The highest BCUT2D eigenvalue weighted by molar-refractivity contribution is 5.98. The highest BCUT2D eigenvalue weighted by Crippen LogP contribution is 2.16. The quantitative estimate of drug-likeness (QED) is 0.452. The molecule has 0 fully saturated rings. The number of H-pyrrole nitrogens is 1. The lowest BCUT2D eigenvalue weighted by atomic mass is 10.1. The van der Waals surface area contributed by atoms with Crippen molar-refractivity contribution >= 4 is 11.4 Å². The molecule has 0 amide bonds. The molecule has 0 saturated heterocycles. The number of hydrogen-bond acceptors (Lipinski definition) is 5. The van der Waals surface area contributed by atoms with E-state index in [1.807, 2.05) is 30.3 Å². The van der Waals surface area contributed by atoms with Crippen molar-refractivity contribution in [3.05, 3.63) is 80.8 Å². The van der Waals surface area contributed by atoms with Crippen LogP contribution >= 0.6 is 0 Å². The van der Waals surface area contributed by atoms with E-state index in [9.17, 15) is 14.9 Å². The fourth-order valence-corrected chi connectivity index (χ4v) is 2.19. The Morgan fingerprint density at radius 1 is 1.17 bits per heavy atom. The molecule has 0 unspecified atom stereocenters. The molecule has 8 heteroatoms. The summed E-state index contributed by atoms with van der Waals surface area (Å²) in [4.78, 5) is 22.2. The number of aromatic nitrogens is 3. The molecule has 0 aliphatic carbocycles. The van der Waals surface area contributed by atoms with Crippen molar-refractivity contribution in [1.82, 2.24) is 14.9 Å². The summed E-state index contributed by atoms with van der Waals surface area (Å²) >= 11 is 0. The molecule has 24 heavy (non-hydrogen) atoms. The number of nitrogens with one attached hydrogen (secondary N) is 1. The Balaban J connectivity index is 2.01. The van der Waals surface area contributed by atoms with Crippen molar-refractivity contribution in [2.24, 2.45) is 5.10 Å². The summed E-state index contributed by atoms with van der Waals surface area (Å²) in [6, 6.07) is 15.1. The van der Waals surface area contributed by atoms with Crippen molar-refractivity contribution in [3.63, 3.8) is 0 Å². The third kappa shape index (κ3) is 2.98. The van der Waals surface area contributed by atoms with Gasteiger partial charge in [0.25, 0.3) is 5.69 Å². The van der Waals surface area contributed by atoms with Gasteiger partial charge in [-0.25, -0.2) is 9.89 Å². The van der Waals surface area contributed by atoms with E-state index in [0.717, 1.165) is 5.56 Å². The van der Waals surface area contributed by atoms with Crippen LogP contribution in [0.5, 0.6) is 0 Å². The number of benzene rings is 2. The van der Waals surface area contributed by atoms with Crippen molar-refractivity contribution in [2.75, 3.05) is 0 Å². The summed E-state index contributed by atoms with van der Waals surface area (Å²) < 4.78 is 1.17. The molecular weight excluding hydrogens is 310 g/mol. The topological polar surface area (TPSA) is 106 Å². The highest BCUT2D eigenvalue weighted by Gasteiger charge is 2.11. The van der Waals surface area contributed by atoms with Gasteiger partial charge < -0.3 is 0 Å². The maximum Gasteiger partial charge on any atom is 0.364 e. The van der Waals surface area contributed by atoms with Gasteiger partial charge in [0.1, 0.15) is 0 Å². The Morgan fingerprint density at radius 2 is 1.83 bits per heavy atom. The third-order valence-corrected chi connectivity index (χ3v) is 3.43. The van der Waals surface area contributed by atoms with Crippen LogP contribution in [-0.2, 0) is 0 Å². The van der Waals surface area contributed by atoms with E-state index in [-0.39, 0.29) is 5.69 Å². The van der Waals surface area contributed by atoms with Crippen molar-refractivity contribution in [2.45, 2.75) is 6.92 Å². The minimum atomic E-state index is -0.468. The Bertz CT molecular complexity index is 955. The number of aromatic amines is 1. The second kappa shape index (κ2) is 6.29. The summed E-state index contributed by atoms with van der Waals surface area (Å²) in [7, 11) is 0. The van der Waals surface area contributed by atoms with E-state index >= 15 is 0 Å². The molecule has 0 aliphatic rings. The molecule has 3 aromatic rings. The fourth-order valence-electron chi connectivity index (χ4n) is 2.19. The van der Waals surface area contributed by atoms with Crippen LogP contribution in [0, 0.1) is 10.1 Å². The molecule has 0 aliphatic heterocycles. The number of nitro benzene ring substituents is 1. The minimum absolute atomic E-state index is 0.00278. The highest BCUT2D eigenvalue weighted by atomic mass is 16.6. The average molecular weight is 323 g/mol. The third-order valence-electron chi connectivity index (χ3n) is 3.43. The van der Waals surface area contributed by atoms with Gasteiger partial charge in [-0.2, -0.15) is 14.9 Å². The maximum atomic E-state index is 12.0. The van der Waals surface area contributed by atoms with Gasteiger partial charge >= 0.3 is 5.69 Å². The Morgan fingerprint density at radius 3 is 2.46 bits per heavy atom. The van der Waals surface area contributed by atoms with Crippen molar-refractivity contribution < 1.29 is 4.92 Å². The zero-order chi connectivity index (χ0) is 17.1. The first kappa shape index (κ1) is 15.3. The molecule has 1 heterocycles. The molecule has 1 N–H and O–H groups in total. The predicted molar refractivity (Wildman–Crippen MR) is 89.0 cm³/mol. The van der Waals surface area contributed by atoms with Crippen LogP contribution in [0.2, 0.25) is 0 Å². The normalized spacial score (nSPS) is 11.5. The molecule has 0 bridgehead atoms. The zero-order valence-corrected chi connectivity index (χ0v) is 12.7. The molecule has 2 aromatic carbocycles. The van der Waals surface area contributed by atoms with Crippen LogP contribution in [0.4, 0.5) is 5.69 Å². The Hall–Kier alpha value is -3.55. The van der Waals surface area contributed by atoms with Crippen molar-refractivity contribution in [1.29, 1.82) is 0 Å². The molecule has 0 atom stereocenters. The monoisotopic (exact) mass is 323 g/mol. The van der Waals surface area contributed by atoms with E-state index in [2.05, 4.69) is 15.3 Å². The van der Waals surface area contributed by atoms with Gasteiger partial charge in [-0.1, -0.05) is 30.3 Å². The van der Waals surface area contributed by atoms with E-state index in [1.165, 1.54) is 16.8 Å². The lowest BCUT2D eigenvalue weighted by molar-refractivity contribution is -0.384. The van der Waals surface area contributed by atoms with Gasteiger partial charge in [-0.15, -0.1) is 0 Å². The molecule has 1 aromatic heterocycles. The molecular formula is C16H13N5O3. The summed E-state index contributed by atoms with van der Waals surface area (Å²) in [6.07, 6.45) is 0. The molecule has 3 rings (SSSR count). The number of nitrogens with zero attached hydrogens (tertiary/aromatic N) is 4. The second-order valence-corrected chi connectivity index (χ2v) is 5.02. The van der Waals surface area contributed by atoms with Crippen LogP contribution < -0.4 is 5.69 Å². The van der Waals surface area contributed by atoms with Gasteiger partial charge in [0, 0.05) is 17.7 Å². The van der Waals surface area contributed by atoms with Crippen LogP contribution in [0.1, 0.15) is 12.5 Å². The van der Waals surface area contributed by atoms with Crippen LogP contribution in [0.3, 0.4) is 0 Å². The zero-order valence-electron chi connectivity index (χ0n) is 12.7. The average Bonchev–Trinajstić information content (AvgIpc) is 2.96. The maximum absolute atomic E-state index is 12.0. The van der Waals surface area contributed by atoms with Crippen LogP contribution in [0.25, 0.3) is 11.4 Å². The first-order chi connectivity index (χ1) is 11.6. The fraction of sp³-hybridized carbons (Fsp3) is 0.0625. The summed E-state index contributed by atoms with van der Waals surface area (Å²) in [5.41, 5.74) is 1.49. The lowest BCUT2D eigenvalue weighted by Gasteiger charge is -2.03. The molecule has 8 nitrogen and oxygen atoms in total. The van der Waals surface area contributed by atoms with Crippen LogP contribution in [-0.4, -0.2) is 25.5 Å². The smallest absolute Gasteiger partial charge is 0.258 e. The standard InChI is InChI=1S/C16H13N5O3/c1-11(12-7-9-14(10-8-12)21(23)24)19-20-15(17-18-16(20)22)13-5-3-2-4-6-13/h2-10H,1H3,(H,18,22)/b19-11-. The first-order valence-electron chi connectivity index (χ1n) is 7.09. The molecule has 0 saturated carbocycles. The minimum Gasteiger partial charge on any atom is -0.258 e. The summed E-state index contributed by atoms with van der Waals surface area (Å²) in [5.74, 6) is 0.391. The summed E-state index contributed by atoms with van der Waals surface area (Å²) in [6.45, 7) is 1.72. The predicted octanol–water partition coefficient (Wildman–Crippen LogP) is 2.42. The van der Waals surface area contributed by atoms with E-state index in [0.29, 0.717) is 17.1 Å². The van der Waals surface area contributed by atoms with Gasteiger partial charge in [0.05, 0.1) is 10.6 Å². The Labute approximate surface area is 136 Å². The largest absolute Gasteiger partial charge is 0.364 e. The van der Waals surface area contributed by atoms with E-state index in [4.69, 9.17) is 0 Å². The SMILES string of the molecule is C/C(=N/n1c(-c2ccccc2)n[nH]c1=O)c1ccc([N+](=O)[O-])cc1. The van der Waals surface area contributed by atoms with Gasteiger partial charge in [0.2, 0.25) is 0 Å². The lowest BCUT2D eigenvalue weighted by Crippen LogP contribution is -2.15. The molecule has 0 radical (unpaired) electrons. The second-order valence-electron chi connectivity index (χ2n) is 5.02. The number of non-ortho nitro benzene ring substituents is 1. The summed E-state index contributed by atoms with van der Waals surface area (Å²) in [5, 5.41) is 21.4.